The number of unbranched alkanes of at least 4 members (excludes halogenated alkanes) is 44. The van der Waals surface area contributed by atoms with E-state index in [1.165, 1.54) is 231 Å². The SMILES string of the molecule is CCCCCCCCCCCCCCCCCCCCCCCC/C=C/C(O)C(CO)NC(=O)CCCCCC/C=C\CCCCOC(=O)CCCCCCCCCCCCCCCCCCC. The first-order valence-electron chi connectivity index (χ1n) is 30.6. The summed E-state index contributed by atoms with van der Waals surface area (Å²) in [7, 11) is 0. The zero-order chi connectivity index (χ0) is 49.3. The van der Waals surface area contributed by atoms with Crippen molar-refractivity contribution in [2.24, 2.45) is 0 Å². The van der Waals surface area contributed by atoms with Crippen molar-refractivity contribution in [3.8, 4) is 0 Å². The van der Waals surface area contributed by atoms with Crippen LogP contribution in [0.3, 0.4) is 0 Å². The lowest BCUT2D eigenvalue weighted by molar-refractivity contribution is -0.143. The molecule has 0 fully saturated rings. The predicted octanol–water partition coefficient (Wildman–Crippen LogP) is 19.0. The molecule has 2 atom stereocenters. The summed E-state index contributed by atoms with van der Waals surface area (Å²) in [6.45, 7) is 4.84. The Labute approximate surface area is 424 Å². The minimum atomic E-state index is -0.867. The number of hydrogen-bond acceptors (Lipinski definition) is 5. The molecule has 0 radical (unpaired) electrons. The van der Waals surface area contributed by atoms with Gasteiger partial charge in [0.25, 0.3) is 0 Å². The van der Waals surface area contributed by atoms with Crippen molar-refractivity contribution in [2.45, 2.75) is 347 Å². The number of aliphatic hydroxyl groups excluding tert-OH is 2. The third-order valence-corrected chi connectivity index (χ3v) is 14.2. The molecule has 402 valence electrons. The number of ether oxygens (including phenoxy) is 1. The quantitative estimate of drug-likeness (QED) is 0.0321. The average Bonchev–Trinajstić information content (AvgIpc) is 3.34. The molecule has 2 unspecified atom stereocenters. The number of aliphatic hydroxyl groups is 2. The Morgan fingerprint density at radius 2 is 0.691 bits per heavy atom. The van der Waals surface area contributed by atoms with Crippen LogP contribution in [-0.4, -0.2) is 47.4 Å². The molecular weight excluding hydrogens is 839 g/mol. The van der Waals surface area contributed by atoms with Gasteiger partial charge in [0.05, 0.1) is 25.4 Å². The molecule has 0 aromatic carbocycles. The third-order valence-electron chi connectivity index (χ3n) is 14.2. The van der Waals surface area contributed by atoms with Crippen molar-refractivity contribution in [2.75, 3.05) is 13.2 Å². The van der Waals surface area contributed by atoms with Crippen molar-refractivity contribution in [3.05, 3.63) is 24.3 Å². The molecule has 0 aliphatic rings. The molecule has 68 heavy (non-hydrogen) atoms. The highest BCUT2D eigenvalue weighted by Gasteiger charge is 2.18. The molecule has 0 aliphatic carbocycles. The fourth-order valence-electron chi connectivity index (χ4n) is 9.51. The van der Waals surface area contributed by atoms with E-state index >= 15 is 0 Å². The van der Waals surface area contributed by atoms with E-state index in [-0.39, 0.29) is 18.5 Å². The van der Waals surface area contributed by atoms with Gasteiger partial charge < -0.3 is 20.3 Å². The Balaban J connectivity index is 3.52. The fraction of sp³-hybridized carbons (Fsp3) is 0.903. The molecule has 0 saturated carbocycles. The van der Waals surface area contributed by atoms with E-state index in [1.807, 2.05) is 6.08 Å². The average molecular weight is 959 g/mol. The van der Waals surface area contributed by atoms with E-state index in [2.05, 4.69) is 31.3 Å². The Morgan fingerprint density at radius 1 is 0.397 bits per heavy atom. The molecule has 0 rings (SSSR count). The number of carbonyl (C=O) groups is 2. The first-order valence-corrected chi connectivity index (χ1v) is 30.6. The number of carbonyl (C=O) groups excluding carboxylic acids is 2. The summed E-state index contributed by atoms with van der Waals surface area (Å²) in [4.78, 5) is 24.6. The number of amides is 1. The zero-order valence-electron chi connectivity index (χ0n) is 45.9. The van der Waals surface area contributed by atoms with Gasteiger partial charge in [-0.15, -0.1) is 0 Å². The van der Waals surface area contributed by atoms with Crippen molar-refractivity contribution in [3.63, 3.8) is 0 Å². The molecule has 0 heterocycles. The largest absolute Gasteiger partial charge is 0.466 e. The van der Waals surface area contributed by atoms with E-state index in [0.29, 0.717) is 19.4 Å². The first kappa shape index (κ1) is 66.3. The zero-order valence-corrected chi connectivity index (χ0v) is 45.9. The maximum Gasteiger partial charge on any atom is 0.305 e. The van der Waals surface area contributed by atoms with Gasteiger partial charge in [-0.05, 0) is 57.8 Å². The van der Waals surface area contributed by atoms with Crippen LogP contribution in [0.2, 0.25) is 0 Å². The number of rotatable bonds is 57. The molecule has 6 nitrogen and oxygen atoms in total. The highest BCUT2D eigenvalue weighted by atomic mass is 16.5. The van der Waals surface area contributed by atoms with Crippen LogP contribution in [0.15, 0.2) is 24.3 Å². The van der Waals surface area contributed by atoms with Crippen LogP contribution in [-0.2, 0) is 14.3 Å². The van der Waals surface area contributed by atoms with Gasteiger partial charge >= 0.3 is 5.97 Å². The van der Waals surface area contributed by atoms with Crippen molar-refractivity contribution in [1.82, 2.24) is 5.32 Å². The summed E-state index contributed by atoms with van der Waals surface area (Å²) in [6, 6.07) is -0.654. The summed E-state index contributed by atoms with van der Waals surface area (Å²) in [5.41, 5.74) is 0. The van der Waals surface area contributed by atoms with Crippen molar-refractivity contribution < 1.29 is 24.5 Å². The second-order valence-corrected chi connectivity index (χ2v) is 21.0. The standard InChI is InChI=1S/C62H119NO5/c1-3-5-7-9-11-13-15-17-19-21-22-23-24-25-26-27-29-30-32-34-38-42-46-50-54-60(65)59(58-64)63-61(66)55-51-47-43-39-36-37-41-45-49-53-57-68-62(67)56-52-48-44-40-35-33-31-28-20-18-16-14-12-10-8-6-4-2/h37,41,50,54,59-60,64-65H,3-36,38-40,42-49,51-53,55-58H2,1-2H3,(H,63,66)/b41-37-,54-50+. The van der Waals surface area contributed by atoms with Crippen LogP contribution in [0.25, 0.3) is 0 Å². The third kappa shape index (κ3) is 53.7. The maximum absolute atomic E-state index is 12.5. The van der Waals surface area contributed by atoms with Crippen LogP contribution in [0.5, 0.6) is 0 Å². The lowest BCUT2D eigenvalue weighted by Gasteiger charge is -2.20. The van der Waals surface area contributed by atoms with Crippen LogP contribution in [0, 0.1) is 0 Å². The number of hydrogen-bond donors (Lipinski definition) is 3. The second-order valence-electron chi connectivity index (χ2n) is 21.0. The molecule has 0 spiro atoms. The van der Waals surface area contributed by atoms with Gasteiger partial charge in [0.1, 0.15) is 0 Å². The molecule has 0 aromatic rings. The summed E-state index contributed by atoms with van der Waals surface area (Å²) in [5, 5.41) is 23.2. The molecule has 0 aliphatic heterocycles. The van der Waals surface area contributed by atoms with Gasteiger partial charge in [-0.25, -0.2) is 0 Å². The van der Waals surface area contributed by atoms with E-state index < -0.39 is 12.1 Å². The Morgan fingerprint density at radius 3 is 1.04 bits per heavy atom. The number of nitrogens with one attached hydrogen (secondary N) is 1. The molecule has 6 heteroatoms. The minimum absolute atomic E-state index is 0.0336. The Hall–Kier alpha value is -1.66. The van der Waals surface area contributed by atoms with Gasteiger partial charge in [0.15, 0.2) is 0 Å². The summed E-state index contributed by atoms with van der Waals surface area (Å²) >= 11 is 0. The van der Waals surface area contributed by atoms with Crippen LogP contribution < -0.4 is 5.32 Å². The lowest BCUT2D eigenvalue weighted by Crippen LogP contribution is -2.45. The number of allylic oxidation sites excluding steroid dienone is 3. The van der Waals surface area contributed by atoms with Gasteiger partial charge in [0.2, 0.25) is 5.91 Å². The topological polar surface area (TPSA) is 95.9 Å². The minimum Gasteiger partial charge on any atom is -0.466 e. The highest BCUT2D eigenvalue weighted by molar-refractivity contribution is 5.76. The van der Waals surface area contributed by atoms with Crippen molar-refractivity contribution >= 4 is 11.9 Å². The van der Waals surface area contributed by atoms with Gasteiger partial charge in [-0.1, -0.05) is 289 Å². The lowest BCUT2D eigenvalue weighted by atomic mass is 10.0. The van der Waals surface area contributed by atoms with E-state index in [4.69, 9.17) is 4.74 Å². The Bertz CT molecular complexity index is 1060. The molecule has 0 aromatic heterocycles. The molecule has 1 amide bonds. The predicted molar refractivity (Wildman–Crippen MR) is 296 cm³/mol. The molecule has 3 N–H and O–H groups in total. The summed E-state index contributed by atoms with van der Waals surface area (Å²) in [5.74, 6) is -0.134. The highest BCUT2D eigenvalue weighted by Crippen LogP contribution is 2.18. The smallest absolute Gasteiger partial charge is 0.305 e. The summed E-state index contributed by atoms with van der Waals surface area (Å²) < 4.78 is 5.45. The normalized spacial score (nSPS) is 12.7. The van der Waals surface area contributed by atoms with E-state index in [9.17, 15) is 19.8 Å². The van der Waals surface area contributed by atoms with Crippen molar-refractivity contribution in [1.29, 1.82) is 0 Å². The second kappa shape index (κ2) is 57.9. The molecule has 0 saturated heterocycles. The Kier molecular flexibility index (Phi) is 56.5. The molecule has 0 bridgehead atoms. The van der Waals surface area contributed by atoms with E-state index in [1.54, 1.807) is 6.08 Å². The van der Waals surface area contributed by atoms with Gasteiger partial charge in [-0.2, -0.15) is 0 Å². The maximum atomic E-state index is 12.5. The van der Waals surface area contributed by atoms with Crippen LogP contribution in [0.4, 0.5) is 0 Å². The van der Waals surface area contributed by atoms with E-state index in [0.717, 1.165) is 77.0 Å². The van der Waals surface area contributed by atoms with Gasteiger partial charge in [-0.3, -0.25) is 9.59 Å². The fourth-order valence-corrected chi connectivity index (χ4v) is 9.51. The number of esters is 1. The van der Waals surface area contributed by atoms with Gasteiger partial charge in [0, 0.05) is 12.8 Å². The summed E-state index contributed by atoms with van der Waals surface area (Å²) in [6.07, 6.45) is 70.8. The molecular formula is C62H119NO5. The van der Waals surface area contributed by atoms with Crippen LogP contribution in [0.1, 0.15) is 335 Å². The first-order chi connectivity index (χ1) is 33.5. The van der Waals surface area contributed by atoms with Crippen LogP contribution >= 0.6 is 0 Å². The monoisotopic (exact) mass is 958 g/mol.